The molecule has 2 aromatic rings. The molecule has 0 unspecified atom stereocenters. The monoisotopic (exact) mass is 356 g/mol. The zero-order valence-electron chi connectivity index (χ0n) is 8.39. The van der Waals surface area contributed by atoms with E-state index in [4.69, 9.17) is 0 Å². The van der Waals surface area contributed by atoms with E-state index >= 15 is 0 Å². The summed E-state index contributed by atoms with van der Waals surface area (Å²) in [6.07, 6.45) is 4.59. The van der Waals surface area contributed by atoms with Gasteiger partial charge in [-0.2, -0.15) is 0 Å². The van der Waals surface area contributed by atoms with Crippen LogP contribution in [0.15, 0.2) is 39.9 Å². The first kappa shape index (κ1) is 12.1. The average Bonchev–Trinajstić information content (AvgIpc) is 2.34. The molecule has 0 aromatic carbocycles. The summed E-state index contributed by atoms with van der Waals surface area (Å²) >= 11 is 6.40. The summed E-state index contributed by atoms with van der Waals surface area (Å²) in [5, 5.41) is 2.63. The molecule has 0 aliphatic heterocycles. The van der Waals surface area contributed by atoms with Crippen LogP contribution in [0.5, 0.6) is 0 Å². The average molecular weight is 358 g/mol. The lowest BCUT2D eigenvalue weighted by Gasteiger charge is -2.05. The summed E-state index contributed by atoms with van der Waals surface area (Å²) in [6.45, 7) is 0. The smallest absolute Gasteiger partial charge is 0.258 e. The van der Waals surface area contributed by atoms with Gasteiger partial charge < -0.3 is 5.32 Å². The van der Waals surface area contributed by atoms with Crippen molar-refractivity contribution in [1.29, 1.82) is 0 Å². The second kappa shape index (κ2) is 5.33. The van der Waals surface area contributed by atoms with Gasteiger partial charge in [0.05, 0.1) is 11.8 Å². The number of rotatable bonds is 2. The number of anilines is 1. The van der Waals surface area contributed by atoms with Crippen LogP contribution in [0.2, 0.25) is 0 Å². The maximum Gasteiger partial charge on any atom is 0.258 e. The molecule has 5 nitrogen and oxygen atoms in total. The fourth-order valence-corrected chi connectivity index (χ4v) is 2.02. The van der Waals surface area contributed by atoms with Gasteiger partial charge in [0.25, 0.3) is 5.91 Å². The molecular weight excluding hydrogens is 352 g/mol. The van der Waals surface area contributed by atoms with Crippen LogP contribution >= 0.6 is 31.9 Å². The first-order chi connectivity index (χ1) is 8.16. The lowest BCUT2D eigenvalue weighted by molar-refractivity contribution is 0.102. The van der Waals surface area contributed by atoms with Crippen LogP contribution in [-0.4, -0.2) is 20.9 Å². The Balaban J connectivity index is 2.19. The van der Waals surface area contributed by atoms with Gasteiger partial charge in [-0.05, 0) is 44.0 Å². The third-order valence-corrected chi connectivity index (χ3v) is 2.79. The summed E-state index contributed by atoms with van der Waals surface area (Å²) < 4.78 is 1.05. The minimum atomic E-state index is -0.282. The summed E-state index contributed by atoms with van der Waals surface area (Å²) in [4.78, 5) is 23.8. The zero-order chi connectivity index (χ0) is 12.3. The molecular formula is C10H6Br2N4O. The molecule has 86 valence electrons. The Morgan fingerprint density at radius 2 is 2.12 bits per heavy atom. The number of carbonyl (C=O) groups is 1. The van der Waals surface area contributed by atoms with Crippen LogP contribution in [0.4, 0.5) is 5.82 Å². The molecule has 0 atom stereocenters. The second-order valence-electron chi connectivity index (χ2n) is 3.03. The van der Waals surface area contributed by atoms with Crippen molar-refractivity contribution in [3.8, 4) is 0 Å². The Morgan fingerprint density at radius 3 is 2.76 bits per heavy atom. The largest absolute Gasteiger partial charge is 0.304 e. The molecule has 0 fully saturated rings. The van der Waals surface area contributed by atoms with Gasteiger partial charge in [0.2, 0.25) is 0 Å². The van der Waals surface area contributed by atoms with Crippen LogP contribution in [0.25, 0.3) is 0 Å². The normalized spacial score (nSPS) is 10.0. The van der Waals surface area contributed by atoms with Crippen molar-refractivity contribution in [2.45, 2.75) is 0 Å². The van der Waals surface area contributed by atoms with Crippen LogP contribution in [0, 0.1) is 0 Å². The summed E-state index contributed by atoms with van der Waals surface area (Å²) in [5.74, 6) is 0.0810. The van der Waals surface area contributed by atoms with Crippen molar-refractivity contribution in [3.05, 3.63) is 45.5 Å². The molecule has 0 bridgehead atoms. The highest BCUT2D eigenvalue weighted by atomic mass is 79.9. The highest BCUT2D eigenvalue weighted by molar-refractivity contribution is 9.11. The van der Waals surface area contributed by atoms with Gasteiger partial charge >= 0.3 is 0 Å². The molecule has 1 N–H and O–H groups in total. The number of carbonyl (C=O) groups excluding carboxylic acids is 1. The third kappa shape index (κ3) is 3.07. The molecule has 2 rings (SSSR count). The molecule has 0 radical (unpaired) electrons. The topological polar surface area (TPSA) is 67.8 Å². The second-order valence-corrected chi connectivity index (χ2v) is 4.59. The van der Waals surface area contributed by atoms with Gasteiger partial charge in [-0.15, -0.1) is 0 Å². The van der Waals surface area contributed by atoms with Crippen molar-refractivity contribution in [3.63, 3.8) is 0 Å². The first-order valence-corrected chi connectivity index (χ1v) is 6.15. The van der Waals surface area contributed by atoms with E-state index in [1.807, 2.05) is 0 Å². The number of nitrogens with zero attached hydrogens (tertiary/aromatic N) is 3. The van der Waals surface area contributed by atoms with Crippen molar-refractivity contribution in [2.24, 2.45) is 0 Å². The number of nitrogens with one attached hydrogen (secondary N) is 1. The van der Waals surface area contributed by atoms with Crippen molar-refractivity contribution in [1.82, 2.24) is 15.0 Å². The van der Waals surface area contributed by atoms with Gasteiger partial charge in [0.1, 0.15) is 9.21 Å². The fourth-order valence-electron chi connectivity index (χ4n) is 1.11. The molecule has 1 amide bonds. The number of hydrogen-bond donors (Lipinski definition) is 1. The minimum Gasteiger partial charge on any atom is -0.304 e. The highest BCUT2D eigenvalue weighted by Crippen LogP contribution is 2.19. The predicted octanol–water partition coefficient (Wildman–Crippen LogP) is 2.65. The van der Waals surface area contributed by atoms with Gasteiger partial charge in [-0.3, -0.25) is 9.78 Å². The van der Waals surface area contributed by atoms with Crippen molar-refractivity contribution in [2.75, 3.05) is 5.32 Å². The Bertz CT molecular complexity index is 547. The molecule has 7 heteroatoms. The molecule has 0 saturated carbocycles. The van der Waals surface area contributed by atoms with Gasteiger partial charge in [0.15, 0.2) is 5.82 Å². The number of amides is 1. The van der Waals surface area contributed by atoms with Gasteiger partial charge in [-0.25, -0.2) is 9.97 Å². The van der Waals surface area contributed by atoms with Crippen molar-refractivity contribution < 1.29 is 4.79 Å². The van der Waals surface area contributed by atoms with E-state index in [1.54, 1.807) is 18.3 Å². The Morgan fingerprint density at radius 1 is 1.29 bits per heavy atom. The molecule has 0 spiro atoms. The van der Waals surface area contributed by atoms with E-state index in [2.05, 4.69) is 52.1 Å². The van der Waals surface area contributed by atoms with Gasteiger partial charge in [-0.1, -0.05) is 0 Å². The Hall–Kier alpha value is -1.34. The predicted molar refractivity (Wildman–Crippen MR) is 69.6 cm³/mol. The van der Waals surface area contributed by atoms with Crippen LogP contribution in [0.3, 0.4) is 0 Å². The molecule has 0 aliphatic carbocycles. The van der Waals surface area contributed by atoms with Gasteiger partial charge in [0, 0.05) is 12.4 Å². The maximum absolute atomic E-state index is 11.8. The summed E-state index contributed by atoms with van der Waals surface area (Å²) in [7, 11) is 0. The number of pyridine rings is 1. The molecule has 2 heterocycles. The molecule has 0 saturated heterocycles. The standard InChI is InChI=1S/C10H6Br2N4O/c11-7-5-14-9(8(12)15-7)16-10(17)6-2-1-3-13-4-6/h1-5H,(H,14,16,17). The first-order valence-electron chi connectivity index (χ1n) is 4.56. The number of halogens is 2. The summed E-state index contributed by atoms with van der Waals surface area (Å²) in [5.41, 5.74) is 0.462. The lowest BCUT2D eigenvalue weighted by Crippen LogP contribution is -2.13. The maximum atomic E-state index is 11.8. The van der Waals surface area contributed by atoms with E-state index in [1.165, 1.54) is 12.4 Å². The fraction of sp³-hybridized carbons (Fsp3) is 0. The Kier molecular flexibility index (Phi) is 3.80. The van der Waals surface area contributed by atoms with Crippen LogP contribution in [0.1, 0.15) is 10.4 Å². The number of aromatic nitrogens is 3. The molecule has 0 aliphatic rings. The SMILES string of the molecule is O=C(Nc1ncc(Br)nc1Br)c1cccnc1. The van der Waals surface area contributed by atoms with E-state index in [9.17, 15) is 4.79 Å². The molecule has 17 heavy (non-hydrogen) atoms. The van der Waals surface area contributed by atoms with Crippen LogP contribution < -0.4 is 5.32 Å². The van der Waals surface area contributed by atoms with E-state index in [0.29, 0.717) is 20.6 Å². The highest BCUT2D eigenvalue weighted by Gasteiger charge is 2.10. The lowest BCUT2D eigenvalue weighted by atomic mass is 10.3. The minimum absolute atomic E-state index is 0.282. The van der Waals surface area contributed by atoms with Crippen molar-refractivity contribution >= 4 is 43.6 Å². The Labute approximate surface area is 114 Å². The quantitative estimate of drug-likeness (QED) is 0.897. The third-order valence-electron chi connectivity index (χ3n) is 1.86. The van der Waals surface area contributed by atoms with E-state index in [0.717, 1.165) is 0 Å². The van der Waals surface area contributed by atoms with Crippen LogP contribution in [-0.2, 0) is 0 Å². The summed E-state index contributed by atoms with van der Waals surface area (Å²) in [6, 6.07) is 3.36. The van der Waals surface area contributed by atoms with E-state index in [-0.39, 0.29) is 5.91 Å². The number of hydrogen-bond acceptors (Lipinski definition) is 4. The molecule has 2 aromatic heterocycles. The van der Waals surface area contributed by atoms with E-state index < -0.39 is 0 Å². The zero-order valence-corrected chi connectivity index (χ0v) is 11.6.